The molecule has 0 aliphatic heterocycles. The first-order valence-corrected chi connectivity index (χ1v) is 6.21. The molecule has 88 valence electrons. The average molecular weight is 248 g/mol. The van der Waals surface area contributed by atoms with Crippen LogP contribution in [0.5, 0.6) is 0 Å². The van der Waals surface area contributed by atoms with Crippen molar-refractivity contribution in [2.45, 2.75) is 11.8 Å². The Kier molecular flexibility index (Phi) is 3.49. The second kappa shape index (κ2) is 5.05. The molecule has 17 heavy (non-hydrogen) atoms. The van der Waals surface area contributed by atoms with Crippen molar-refractivity contribution in [2.75, 3.05) is 5.75 Å². The van der Waals surface area contributed by atoms with Gasteiger partial charge >= 0.3 is 5.97 Å². The lowest BCUT2D eigenvalue weighted by molar-refractivity contribution is 0.0693. The Morgan fingerprint density at radius 2 is 2.29 bits per heavy atom. The van der Waals surface area contributed by atoms with E-state index in [9.17, 15) is 9.90 Å². The van der Waals surface area contributed by atoms with Gasteiger partial charge in [-0.2, -0.15) is 5.10 Å². The maximum atomic E-state index is 11.4. The highest BCUT2D eigenvalue weighted by Gasteiger charge is 2.16. The van der Waals surface area contributed by atoms with Gasteiger partial charge < -0.3 is 5.11 Å². The smallest absolute Gasteiger partial charge is 0.339 e. The lowest BCUT2D eigenvalue weighted by atomic mass is 10.2. The Bertz CT molecular complexity index is 523. The summed E-state index contributed by atoms with van der Waals surface area (Å²) in [4.78, 5) is 12.1. The van der Waals surface area contributed by atoms with Gasteiger partial charge in [-0.25, -0.2) is 9.48 Å². The Balaban J connectivity index is 2.59. The summed E-state index contributed by atoms with van der Waals surface area (Å²) in [6.45, 7) is 2.00. The number of benzene rings is 1. The van der Waals surface area contributed by atoms with Crippen molar-refractivity contribution in [2.24, 2.45) is 0 Å². The molecule has 0 atom stereocenters. The van der Waals surface area contributed by atoms with Crippen LogP contribution in [0.15, 0.2) is 41.6 Å². The number of aromatic nitrogens is 2. The Hall–Kier alpha value is -1.75. The monoisotopic (exact) mass is 248 g/mol. The summed E-state index contributed by atoms with van der Waals surface area (Å²) in [6.07, 6.45) is 3.37. The van der Waals surface area contributed by atoms with Gasteiger partial charge in [-0.3, -0.25) is 0 Å². The van der Waals surface area contributed by atoms with Crippen LogP contribution in [0.25, 0.3) is 5.69 Å². The second-order valence-electron chi connectivity index (χ2n) is 3.34. The number of rotatable bonds is 4. The van der Waals surface area contributed by atoms with E-state index in [1.807, 2.05) is 19.1 Å². The molecule has 0 fully saturated rings. The van der Waals surface area contributed by atoms with Gasteiger partial charge in [0.2, 0.25) is 0 Å². The normalized spacial score (nSPS) is 10.4. The van der Waals surface area contributed by atoms with E-state index in [1.54, 1.807) is 29.2 Å². The van der Waals surface area contributed by atoms with E-state index < -0.39 is 5.97 Å². The molecule has 0 saturated heterocycles. The first-order chi connectivity index (χ1) is 8.24. The molecule has 4 nitrogen and oxygen atoms in total. The van der Waals surface area contributed by atoms with Crippen LogP contribution in [0, 0.1) is 0 Å². The number of carbonyl (C=O) groups is 1. The molecule has 0 aliphatic carbocycles. The van der Waals surface area contributed by atoms with E-state index in [0.29, 0.717) is 11.3 Å². The fourth-order valence-electron chi connectivity index (χ4n) is 1.61. The van der Waals surface area contributed by atoms with Crippen LogP contribution in [0.1, 0.15) is 17.3 Å². The number of thioether (sulfide) groups is 1. The molecule has 0 radical (unpaired) electrons. The Morgan fingerprint density at radius 1 is 1.47 bits per heavy atom. The molecule has 2 aromatic rings. The summed E-state index contributed by atoms with van der Waals surface area (Å²) in [5.74, 6) is -0.0879. The van der Waals surface area contributed by atoms with Gasteiger partial charge in [0.25, 0.3) is 0 Å². The van der Waals surface area contributed by atoms with Crippen molar-refractivity contribution in [3.63, 3.8) is 0 Å². The highest BCUT2D eigenvalue weighted by atomic mass is 32.2. The second-order valence-corrected chi connectivity index (χ2v) is 4.64. The molecule has 1 aromatic carbocycles. The number of carboxylic acids is 1. The van der Waals surface area contributed by atoms with E-state index in [4.69, 9.17) is 0 Å². The van der Waals surface area contributed by atoms with Crippen LogP contribution in [-0.2, 0) is 0 Å². The largest absolute Gasteiger partial charge is 0.478 e. The lowest BCUT2D eigenvalue weighted by Crippen LogP contribution is -2.07. The van der Waals surface area contributed by atoms with E-state index >= 15 is 0 Å². The molecule has 2 rings (SSSR count). The molecule has 5 heteroatoms. The summed E-state index contributed by atoms with van der Waals surface area (Å²) in [6, 6.07) is 7.20. The first-order valence-electron chi connectivity index (χ1n) is 5.23. The van der Waals surface area contributed by atoms with Crippen LogP contribution in [0.3, 0.4) is 0 Å². The predicted octanol–water partition coefficient (Wildman–Crippen LogP) is 2.68. The number of hydrogen-bond acceptors (Lipinski definition) is 3. The summed E-state index contributed by atoms with van der Waals surface area (Å²) in [5, 5.41) is 13.4. The minimum atomic E-state index is -0.924. The van der Waals surface area contributed by atoms with Gasteiger partial charge in [0.05, 0.1) is 11.3 Å². The van der Waals surface area contributed by atoms with Crippen LogP contribution in [-0.4, -0.2) is 26.6 Å². The van der Waals surface area contributed by atoms with E-state index in [1.165, 1.54) is 11.8 Å². The van der Waals surface area contributed by atoms with Crippen LogP contribution in [0.4, 0.5) is 0 Å². The zero-order valence-electron chi connectivity index (χ0n) is 9.33. The third-order valence-corrected chi connectivity index (χ3v) is 3.21. The van der Waals surface area contributed by atoms with Crippen molar-refractivity contribution in [3.05, 3.63) is 42.2 Å². The topological polar surface area (TPSA) is 55.1 Å². The lowest BCUT2D eigenvalue weighted by Gasteiger charge is -2.10. The van der Waals surface area contributed by atoms with E-state index in [0.717, 1.165) is 10.6 Å². The van der Waals surface area contributed by atoms with Gasteiger partial charge in [-0.1, -0.05) is 13.0 Å². The number of aromatic carboxylic acids is 1. The van der Waals surface area contributed by atoms with Gasteiger partial charge in [0.1, 0.15) is 0 Å². The van der Waals surface area contributed by atoms with Crippen molar-refractivity contribution in [1.82, 2.24) is 9.78 Å². The fraction of sp³-hybridized carbons (Fsp3) is 0.167. The predicted molar refractivity (Wildman–Crippen MR) is 66.9 cm³/mol. The molecule has 0 spiro atoms. The number of hydrogen-bond donors (Lipinski definition) is 1. The van der Waals surface area contributed by atoms with Crippen molar-refractivity contribution >= 4 is 17.7 Å². The Morgan fingerprint density at radius 3 is 2.88 bits per heavy atom. The summed E-state index contributed by atoms with van der Waals surface area (Å²) in [5.41, 5.74) is 0.906. The van der Waals surface area contributed by atoms with Gasteiger partial charge in [0.15, 0.2) is 0 Å². The van der Waals surface area contributed by atoms with E-state index in [-0.39, 0.29) is 0 Å². The summed E-state index contributed by atoms with van der Waals surface area (Å²) < 4.78 is 1.57. The van der Waals surface area contributed by atoms with Gasteiger partial charge in [-0.05, 0) is 24.0 Å². The quantitative estimate of drug-likeness (QED) is 0.845. The van der Waals surface area contributed by atoms with Crippen LogP contribution >= 0.6 is 11.8 Å². The highest BCUT2D eigenvalue weighted by molar-refractivity contribution is 7.99. The molecule has 0 saturated carbocycles. The zero-order valence-corrected chi connectivity index (χ0v) is 10.1. The molecule has 0 unspecified atom stereocenters. The Labute approximate surface area is 103 Å². The molecule has 0 aliphatic rings. The summed E-state index contributed by atoms with van der Waals surface area (Å²) >= 11 is 1.52. The minimum absolute atomic E-state index is 0.308. The zero-order chi connectivity index (χ0) is 12.3. The molecule has 0 bridgehead atoms. The van der Waals surface area contributed by atoms with Crippen molar-refractivity contribution in [1.29, 1.82) is 0 Å². The maximum absolute atomic E-state index is 11.4. The molecular formula is C12H12N2O2S. The molecule has 1 heterocycles. The van der Waals surface area contributed by atoms with Crippen LogP contribution < -0.4 is 0 Å². The van der Waals surface area contributed by atoms with Gasteiger partial charge in [-0.15, -0.1) is 11.8 Å². The standard InChI is InChI=1S/C12H12N2O2S/c1-2-17-10-6-3-5-9(11(10)12(15)16)14-8-4-7-13-14/h3-8H,2H2,1H3,(H,15,16). The first kappa shape index (κ1) is 11.7. The molecule has 0 amide bonds. The van der Waals surface area contributed by atoms with Crippen LogP contribution in [0.2, 0.25) is 0 Å². The number of nitrogens with zero attached hydrogens (tertiary/aromatic N) is 2. The molecule has 1 aromatic heterocycles. The van der Waals surface area contributed by atoms with Gasteiger partial charge in [0, 0.05) is 17.3 Å². The SMILES string of the molecule is CCSc1cccc(-n2cccn2)c1C(=O)O. The van der Waals surface area contributed by atoms with Crippen molar-refractivity contribution in [3.8, 4) is 5.69 Å². The number of carboxylic acid groups (broad SMARTS) is 1. The maximum Gasteiger partial charge on any atom is 0.339 e. The third kappa shape index (κ3) is 2.34. The van der Waals surface area contributed by atoms with Crippen molar-refractivity contribution < 1.29 is 9.90 Å². The van der Waals surface area contributed by atoms with E-state index in [2.05, 4.69) is 5.10 Å². The highest BCUT2D eigenvalue weighted by Crippen LogP contribution is 2.27. The molecular weight excluding hydrogens is 236 g/mol. The minimum Gasteiger partial charge on any atom is -0.478 e. The fourth-order valence-corrected chi connectivity index (χ4v) is 2.43. The third-order valence-electron chi connectivity index (χ3n) is 2.27. The molecule has 1 N–H and O–H groups in total. The summed E-state index contributed by atoms with van der Waals surface area (Å²) in [7, 11) is 0. The average Bonchev–Trinajstić information content (AvgIpc) is 2.82.